The van der Waals surface area contributed by atoms with Gasteiger partial charge in [-0.25, -0.2) is 4.98 Å². The summed E-state index contributed by atoms with van der Waals surface area (Å²) in [7, 11) is 4.09. The normalized spacial score (nSPS) is 10.8. The number of nitrogens with zero attached hydrogens (tertiary/aromatic N) is 3. The van der Waals surface area contributed by atoms with E-state index in [9.17, 15) is 4.79 Å². The minimum atomic E-state index is -0.0382. The van der Waals surface area contributed by atoms with E-state index in [1.165, 1.54) is 0 Å². The van der Waals surface area contributed by atoms with E-state index in [0.29, 0.717) is 18.7 Å². The summed E-state index contributed by atoms with van der Waals surface area (Å²) in [5.74, 6) is 0.700. The number of halogens is 1. The number of thiazole rings is 1. The first kappa shape index (κ1) is 24.1. The third kappa shape index (κ3) is 6.42. The van der Waals surface area contributed by atoms with Crippen molar-refractivity contribution in [2.75, 3.05) is 38.7 Å². The molecule has 1 amide bonds. The predicted molar refractivity (Wildman–Crippen MR) is 129 cm³/mol. The van der Waals surface area contributed by atoms with Crippen LogP contribution in [0, 0.1) is 0 Å². The predicted octanol–water partition coefficient (Wildman–Crippen LogP) is 5.50. The molecule has 0 fully saturated rings. The Morgan fingerprint density at radius 2 is 1.87 bits per heavy atom. The average Bonchev–Trinajstić information content (AvgIpc) is 3.15. The number of unbranched alkanes of at least 4 members (excludes halogenated alkanes) is 1. The van der Waals surface area contributed by atoms with Gasteiger partial charge in [0.2, 0.25) is 0 Å². The molecule has 0 aliphatic rings. The first-order valence-corrected chi connectivity index (χ1v) is 10.9. The maximum Gasteiger partial charge on any atom is 0.260 e. The molecule has 1 heterocycles. The molecule has 30 heavy (non-hydrogen) atoms. The van der Waals surface area contributed by atoms with Crippen molar-refractivity contribution in [3.05, 3.63) is 54.1 Å². The molecule has 7 heteroatoms. The van der Waals surface area contributed by atoms with E-state index in [4.69, 9.17) is 9.72 Å². The van der Waals surface area contributed by atoms with Gasteiger partial charge in [-0.15, -0.1) is 12.4 Å². The molecular weight excluding hydrogens is 418 g/mol. The van der Waals surface area contributed by atoms with E-state index in [2.05, 4.69) is 11.8 Å². The fraction of sp³-hybridized carbons (Fsp3) is 0.391. The van der Waals surface area contributed by atoms with Crippen LogP contribution in [0.2, 0.25) is 0 Å². The first-order valence-electron chi connectivity index (χ1n) is 10.1. The van der Waals surface area contributed by atoms with Crippen LogP contribution in [0.15, 0.2) is 48.5 Å². The lowest BCUT2D eigenvalue weighted by Gasteiger charge is -2.21. The number of hydrogen-bond acceptors (Lipinski definition) is 5. The molecular formula is C23H30ClN3O2S. The Labute approximate surface area is 189 Å². The fourth-order valence-electron chi connectivity index (χ4n) is 3.01. The van der Waals surface area contributed by atoms with E-state index < -0.39 is 0 Å². The van der Waals surface area contributed by atoms with Crippen LogP contribution in [0.25, 0.3) is 10.2 Å². The minimum Gasteiger partial charge on any atom is -0.494 e. The number of para-hydroxylation sites is 1. The van der Waals surface area contributed by atoms with E-state index in [1.54, 1.807) is 16.2 Å². The molecule has 0 saturated carbocycles. The first-order chi connectivity index (χ1) is 14.1. The standard InChI is InChI=1S/C23H29N3O2S.ClH/c1-4-5-16-28-19-11-8-10-18(17-19)22(27)26(15-9-14-25(2)3)23-24-20-12-6-7-13-21(20)29-23;/h6-8,10-13,17H,4-5,9,14-16H2,1-3H3;1H. The van der Waals surface area contributed by atoms with Crippen molar-refractivity contribution < 1.29 is 9.53 Å². The monoisotopic (exact) mass is 447 g/mol. The van der Waals surface area contributed by atoms with E-state index in [0.717, 1.165) is 46.9 Å². The number of fused-ring (bicyclic) bond motifs is 1. The molecule has 0 bridgehead atoms. The van der Waals surface area contributed by atoms with E-state index in [1.807, 2.05) is 62.6 Å². The van der Waals surface area contributed by atoms with Gasteiger partial charge in [0.15, 0.2) is 5.13 Å². The number of anilines is 1. The zero-order valence-electron chi connectivity index (χ0n) is 17.8. The van der Waals surface area contributed by atoms with Crippen molar-refractivity contribution in [1.82, 2.24) is 9.88 Å². The summed E-state index contributed by atoms with van der Waals surface area (Å²) in [5, 5.41) is 0.743. The molecule has 1 aromatic heterocycles. The second-order valence-electron chi connectivity index (χ2n) is 7.31. The van der Waals surface area contributed by atoms with E-state index in [-0.39, 0.29) is 18.3 Å². The Kier molecular flexibility index (Phi) is 9.56. The minimum absolute atomic E-state index is 0. The molecule has 0 radical (unpaired) electrons. The van der Waals surface area contributed by atoms with Crippen molar-refractivity contribution in [3.8, 4) is 5.75 Å². The molecule has 3 aromatic rings. The third-order valence-corrected chi connectivity index (χ3v) is 5.65. The van der Waals surface area contributed by atoms with Crippen LogP contribution >= 0.6 is 23.7 Å². The van der Waals surface area contributed by atoms with Crippen LogP contribution in [0.5, 0.6) is 5.75 Å². The summed E-state index contributed by atoms with van der Waals surface area (Å²) in [5.41, 5.74) is 1.55. The highest BCUT2D eigenvalue weighted by atomic mass is 35.5. The Bertz CT molecular complexity index is 912. The van der Waals surface area contributed by atoms with Gasteiger partial charge in [0, 0.05) is 12.1 Å². The molecule has 0 N–H and O–H groups in total. The van der Waals surface area contributed by atoms with Gasteiger partial charge in [0.25, 0.3) is 5.91 Å². The maximum atomic E-state index is 13.4. The number of hydrogen-bond donors (Lipinski definition) is 0. The van der Waals surface area contributed by atoms with Crippen molar-refractivity contribution in [2.24, 2.45) is 0 Å². The zero-order chi connectivity index (χ0) is 20.6. The number of rotatable bonds is 10. The SMILES string of the molecule is CCCCOc1cccc(C(=O)N(CCCN(C)C)c2nc3ccccc3s2)c1.Cl. The summed E-state index contributed by atoms with van der Waals surface area (Å²) in [6.45, 7) is 4.33. The second kappa shape index (κ2) is 11.9. The van der Waals surface area contributed by atoms with Gasteiger partial charge in [-0.3, -0.25) is 9.69 Å². The molecule has 0 aliphatic carbocycles. The van der Waals surface area contributed by atoms with E-state index >= 15 is 0 Å². The largest absolute Gasteiger partial charge is 0.494 e. The Morgan fingerprint density at radius 1 is 1.07 bits per heavy atom. The third-order valence-electron chi connectivity index (χ3n) is 4.59. The van der Waals surface area contributed by atoms with Gasteiger partial charge >= 0.3 is 0 Å². The Morgan fingerprint density at radius 3 is 2.60 bits per heavy atom. The number of carbonyl (C=O) groups excluding carboxylic acids is 1. The quantitative estimate of drug-likeness (QED) is 0.385. The van der Waals surface area contributed by atoms with Crippen molar-refractivity contribution in [2.45, 2.75) is 26.2 Å². The second-order valence-corrected chi connectivity index (χ2v) is 8.32. The highest BCUT2D eigenvalue weighted by Gasteiger charge is 2.21. The molecule has 162 valence electrons. The maximum absolute atomic E-state index is 13.4. The van der Waals surface area contributed by atoms with Crippen LogP contribution in [0.4, 0.5) is 5.13 Å². The summed E-state index contributed by atoms with van der Waals surface area (Å²) in [6.07, 6.45) is 2.96. The lowest BCUT2D eigenvalue weighted by Crippen LogP contribution is -2.33. The number of carbonyl (C=O) groups is 1. The zero-order valence-corrected chi connectivity index (χ0v) is 19.5. The van der Waals surface area contributed by atoms with Gasteiger partial charge < -0.3 is 9.64 Å². The number of ether oxygens (including phenoxy) is 1. The molecule has 0 saturated heterocycles. The summed E-state index contributed by atoms with van der Waals surface area (Å²) in [6, 6.07) is 15.5. The van der Waals surface area contributed by atoms with Gasteiger partial charge in [0.1, 0.15) is 5.75 Å². The highest BCUT2D eigenvalue weighted by molar-refractivity contribution is 7.22. The van der Waals surface area contributed by atoms with Crippen LogP contribution in [-0.4, -0.2) is 49.6 Å². The molecule has 0 spiro atoms. The smallest absolute Gasteiger partial charge is 0.260 e. The number of aromatic nitrogens is 1. The topological polar surface area (TPSA) is 45.7 Å². The van der Waals surface area contributed by atoms with Gasteiger partial charge in [-0.05, 0) is 63.8 Å². The van der Waals surface area contributed by atoms with Crippen LogP contribution < -0.4 is 9.64 Å². The Hall–Kier alpha value is -2.15. The van der Waals surface area contributed by atoms with Gasteiger partial charge in [-0.1, -0.05) is 42.9 Å². The molecule has 5 nitrogen and oxygen atoms in total. The molecule has 0 aliphatic heterocycles. The highest BCUT2D eigenvalue weighted by Crippen LogP contribution is 2.30. The van der Waals surface area contributed by atoms with Gasteiger partial charge in [0.05, 0.1) is 16.8 Å². The van der Waals surface area contributed by atoms with Gasteiger partial charge in [-0.2, -0.15) is 0 Å². The van der Waals surface area contributed by atoms with Crippen molar-refractivity contribution >= 4 is 45.0 Å². The Balaban J connectivity index is 0.00000320. The van der Waals surface area contributed by atoms with Crippen LogP contribution in [0.1, 0.15) is 36.5 Å². The number of benzene rings is 2. The molecule has 3 rings (SSSR count). The molecule has 2 aromatic carbocycles. The van der Waals surface area contributed by atoms with Crippen LogP contribution in [-0.2, 0) is 0 Å². The summed E-state index contributed by atoms with van der Waals surface area (Å²) >= 11 is 1.56. The lowest BCUT2D eigenvalue weighted by atomic mass is 10.2. The lowest BCUT2D eigenvalue weighted by molar-refractivity contribution is 0.0985. The summed E-state index contributed by atoms with van der Waals surface area (Å²) < 4.78 is 6.88. The average molecular weight is 448 g/mol. The van der Waals surface area contributed by atoms with Crippen molar-refractivity contribution in [3.63, 3.8) is 0 Å². The van der Waals surface area contributed by atoms with Crippen LogP contribution in [0.3, 0.4) is 0 Å². The van der Waals surface area contributed by atoms with Crippen molar-refractivity contribution in [1.29, 1.82) is 0 Å². The number of amides is 1. The molecule has 0 unspecified atom stereocenters. The molecule has 0 atom stereocenters. The fourth-order valence-corrected chi connectivity index (χ4v) is 4.00. The summed E-state index contributed by atoms with van der Waals surface area (Å²) in [4.78, 5) is 22.1.